The highest BCUT2D eigenvalue weighted by Crippen LogP contribution is 2.27. The first-order valence-electron chi connectivity index (χ1n) is 6.92. The number of hydrogen-bond donors (Lipinski definition) is 1. The van der Waals surface area contributed by atoms with Gasteiger partial charge in [-0.05, 0) is 25.0 Å². The minimum absolute atomic E-state index is 0.0616. The van der Waals surface area contributed by atoms with Crippen LogP contribution in [-0.2, 0) is 11.3 Å². The lowest BCUT2D eigenvalue weighted by atomic mass is 9.99. The van der Waals surface area contributed by atoms with Gasteiger partial charge in [-0.25, -0.2) is 9.67 Å². The topological polar surface area (TPSA) is 73.1 Å². The molecule has 2 aromatic rings. The van der Waals surface area contributed by atoms with Crippen LogP contribution in [0.25, 0.3) is 11.4 Å². The molecule has 3 rings (SSSR count). The van der Waals surface area contributed by atoms with Crippen molar-refractivity contribution < 1.29 is 9.84 Å². The van der Waals surface area contributed by atoms with Gasteiger partial charge in [-0.3, -0.25) is 4.98 Å². The van der Waals surface area contributed by atoms with Crippen molar-refractivity contribution in [1.29, 1.82) is 0 Å². The van der Waals surface area contributed by atoms with Crippen LogP contribution in [0.3, 0.4) is 0 Å². The van der Waals surface area contributed by atoms with E-state index >= 15 is 0 Å². The van der Waals surface area contributed by atoms with Crippen molar-refractivity contribution in [1.82, 2.24) is 19.7 Å². The number of rotatable bonds is 4. The van der Waals surface area contributed by atoms with Crippen LogP contribution in [-0.4, -0.2) is 44.7 Å². The van der Waals surface area contributed by atoms with E-state index in [9.17, 15) is 5.11 Å². The van der Waals surface area contributed by atoms with Crippen LogP contribution in [0.1, 0.15) is 24.6 Å². The van der Waals surface area contributed by atoms with Crippen molar-refractivity contribution in [3.63, 3.8) is 0 Å². The normalized spacial score (nSPS) is 16.4. The molecule has 0 aromatic carbocycles. The first kappa shape index (κ1) is 13.2. The van der Waals surface area contributed by atoms with Crippen LogP contribution in [0.15, 0.2) is 24.5 Å². The summed E-state index contributed by atoms with van der Waals surface area (Å²) in [4.78, 5) is 8.77. The van der Waals surface area contributed by atoms with Crippen molar-refractivity contribution in [2.24, 2.45) is 0 Å². The first-order chi connectivity index (χ1) is 9.88. The van der Waals surface area contributed by atoms with Gasteiger partial charge in [0, 0.05) is 37.1 Å². The van der Waals surface area contributed by atoms with E-state index in [1.807, 2.05) is 16.8 Å². The lowest BCUT2D eigenvalue weighted by Gasteiger charge is -2.21. The Morgan fingerprint density at radius 1 is 1.35 bits per heavy atom. The molecule has 3 heterocycles. The van der Waals surface area contributed by atoms with Crippen molar-refractivity contribution in [3.05, 3.63) is 30.4 Å². The van der Waals surface area contributed by atoms with E-state index in [-0.39, 0.29) is 6.61 Å². The molecule has 1 N–H and O–H groups in total. The van der Waals surface area contributed by atoms with Gasteiger partial charge in [-0.15, -0.1) is 0 Å². The zero-order valence-electron chi connectivity index (χ0n) is 11.3. The number of aliphatic hydroxyl groups excluding tert-OH is 1. The Morgan fingerprint density at radius 2 is 2.20 bits per heavy atom. The molecule has 1 saturated heterocycles. The molecule has 0 bridgehead atoms. The molecule has 0 aliphatic carbocycles. The molecule has 6 nitrogen and oxygen atoms in total. The largest absolute Gasteiger partial charge is 0.394 e. The van der Waals surface area contributed by atoms with E-state index < -0.39 is 0 Å². The van der Waals surface area contributed by atoms with Crippen molar-refractivity contribution in [3.8, 4) is 11.4 Å². The summed E-state index contributed by atoms with van der Waals surface area (Å²) in [5, 5.41) is 13.7. The molecule has 0 amide bonds. The molecular formula is C14H18N4O2. The Morgan fingerprint density at radius 3 is 2.90 bits per heavy atom. The Balaban J connectivity index is 1.93. The van der Waals surface area contributed by atoms with Gasteiger partial charge in [0.2, 0.25) is 0 Å². The number of ether oxygens (including phenoxy) is 1. The van der Waals surface area contributed by atoms with E-state index in [1.54, 1.807) is 12.4 Å². The number of pyridine rings is 1. The molecule has 20 heavy (non-hydrogen) atoms. The maximum Gasteiger partial charge on any atom is 0.182 e. The standard InChI is InChI=1S/C14H18N4O2/c19-7-6-18-14(11-3-8-20-9-4-11)16-13(17-18)12-2-1-5-15-10-12/h1-2,5,10-11,19H,3-4,6-9H2. The molecule has 2 aromatic heterocycles. The van der Waals surface area contributed by atoms with Gasteiger partial charge < -0.3 is 9.84 Å². The summed E-state index contributed by atoms with van der Waals surface area (Å²) in [6.07, 6.45) is 5.40. The summed E-state index contributed by atoms with van der Waals surface area (Å²) in [6, 6.07) is 3.82. The maximum absolute atomic E-state index is 9.20. The minimum atomic E-state index is 0.0616. The Kier molecular flexibility index (Phi) is 4.03. The molecule has 6 heteroatoms. The van der Waals surface area contributed by atoms with Gasteiger partial charge in [0.05, 0.1) is 13.2 Å². The first-order valence-corrected chi connectivity index (χ1v) is 6.92. The van der Waals surface area contributed by atoms with Crippen LogP contribution in [0, 0.1) is 0 Å². The van der Waals surface area contributed by atoms with Crippen molar-refractivity contribution in [2.75, 3.05) is 19.8 Å². The number of hydrogen-bond acceptors (Lipinski definition) is 5. The van der Waals surface area contributed by atoms with Gasteiger partial charge in [0.15, 0.2) is 5.82 Å². The summed E-state index contributed by atoms with van der Waals surface area (Å²) >= 11 is 0. The second-order valence-corrected chi connectivity index (χ2v) is 4.87. The number of aromatic nitrogens is 4. The monoisotopic (exact) mass is 274 g/mol. The third kappa shape index (κ3) is 2.71. The van der Waals surface area contributed by atoms with Gasteiger partial charge in [0.25, 0.3) is 0 Å². The van der Waals surface area contributed by atoms with Crippen molar-refractivity contribution in [2.45, 2.75) is 25.3 Å². The lowest BCUT2D eigenvalue weighted by Crippen LogP contribution is -2.19. The fourth-order valence-corrected chi connectivity index (χ4v) is 2.49. The third-order valence-electron chi connectivity index (χ3n) is 3.52. The van der Waals surface area contributed by atoms with E-state index in [2.05, 4.69) is 15.1 Å². The zero-order valence-corrected chi connectivity index (χ0v) is 11.3. The highest BCUT2D eigenvalue weighted by atomic mass is 16.5. The average molecular weight is 274 g/mol. The molecule has 0 unspecified atom stereocenters. The Bertz CT molecular complexity index is 550. The molecule has 1 fully saturated rings. The highest BCUT2D eigenvalue weighted by Gasteiger charge is 2.23. The fraction of sp³-hybridized carbons (Fsp3) is 0.500. The predicted octanol–water partition coefficient (Wildman–Crippen LogP) is 1.23. The maximum atomic E-state index is 9.20. The van der Waals surface area contributed by atoms with Gasteiger partial charge in [-0.1, -0.05) is 0 Å². The Hall–Kier alpha value is -1.79. The molecule has 1 aliphatic rings. The average Bonchev–Trinajstić information content (AvgIpc) is 2.94. The van der Waals surface area contributed by atoms with E-state index in [4.69, 9.17) is 4.74 Å². The quantitative estimate of drug-likeness (QED) is 0.907. The van der Waals surface area contributed by atoms with E-state index in [0.29, 0.717) is 18.3 Å². The zero-order chi connectivity index (χ0) is 13.8. The minimum Gasteiger partial charge on any atom is -0.394 e. The molecule has 0 radical (unpaired) electrons. The summed E-state index contributed by atoms with van der Waals surface area (Å²) in [6.45, 7) is 2.06. The summed E-state index contributed by atoms with van der Waals surface area (Å²) in [5.74, 6) is 1.97. The van der Waals surface area contributed by atoms with Crippen LogP contribution in [0.4, 0.5) is 0 Å². The van der Waals surface area contributed by atoms with Gasteiger partial charge in [0.1, 0.15) is 5.82 Å². The summed E-state index contributed by atoms with van der Waals surface area (Å²) in [5.41, 5.74) is 0.900. The SMILES string of the molecule is OCCn1nc(-c2cccnc2)nc1C1CCOCC1. The smallest absolute Gasteiger partial charge is 0.182 e. The molecule has 0 atom stereocenters. The van der Waals surface area contributed by atoms with Crippen molar-refractivity contribution >= 4 is 0 Å². The predicted molar refractivity (Wildman–Crippen MR) is 73.1 cm³/mol. The molecule has 106 valence electrons. The van der Waals surface area contributed by atoms with Gasteiger partial charge >= 0.3 is 0 Å². The van der Waals surface area contributed by atoms with Gasteiger partial charge in [-0.2, -0.15) is 5.10 Å². The van der Waals surface area contributed by atoms with E-state index in [0.717, 1.165) is 37.4 Å². The van der Waals surface area contributed by atoms with Crippen LogP contribution < -0.4 is 0 Å². The lowest BCUT2D eigenvalue weighted by molar-refractivity contribution is 0.0823. The van der Waals surface area contributed by atoms with Crippen LogP contribution in [0.5, 0.6) is 0 Å². The molecule has 0 saturated carbocycles. The summed E-state index contributed by atoms with van der Waals surface area (Å²) in [7, 11) is 0. The van der Waals surface area contributed by atoms with Crippen LogP contribution >= 0.6 is 0 Å². The second kappa shape index (κ2) is 6.11. The third-order valence-corrected chi connectivity index (χ3v) is 3.52. The number of nitrogens with zero attached hydrogens (tertiary/aromatic N) is 4. The highest BCUT2D eigenvalue weighted by molar-refractivity contribution is 5.52. The second-order valence-electron chi connectivity index (χ2n) is 4.87. The Labute approximate surface area is 117 Å². The molecule has 0 spiro atoms. The van der Waals surface area contributed by atoms with E-state index in [1.165, 1.54) is 0 Å². The number of aliphatic hydroxyl groups is 1. The summed E-state index contributed by atoms with van der Waals surface area (Å²) < 4.78 is 7.21. The fourth-order valence-electron chi connectivity index (χ4n) is 2.49. The van der Waals surface area contributed by atoms with Crippen LogP contribution in [0.2, 0.25) is 0 Å². The molecular weight excluding hydrogens is 256 g/mol. The molecule has 1 aliphatic heterocycles.